The van der Waals surface area contributed by atoms with E-state index in [2.05, 4.69) is 22.2 Å². The van der Waals surface area contributed by atoms with Gasteiger partial charge in [-0.25, -0.2) is 4.98 Å². The summed E-state index contributed by atoms with van der Waals surface area (Å²) in [6.45, 7) is 4.70. The maximum Gasteiger partial charge on any atom is 0.125 e. The Hall–Kier alpha value is -1.30. The molecule has 4 nitrogen and oxygen atoms in total. The molecular weight excluding hydrogens is 258 g/mol. The molecule has 0 radical (unpaired) electrons. The molecule has 3 heterocycles. The number of aromatic nitrogens is 2. The van der Waals surface area contributed by atoms with Crippen LogP contribution < -0.4 is 5.32 Å². The zero-order chi connectivity index (χ0) is 13.1. The lowest BCUT2D eigenvalue weighted by Gasteiger charge is -2.22. The molecule has 3 rings (SSSR count). The van der Waals surface area contributed by atoms with Gasteiger partial charge in [-0.3, -0.25) is 4.98 Å². The van der Waals surface area contributed by atoms with Crippen LogP contribution in [0.2, 0.25) is 0 Å². The topological polar surface area (TPSA) is 47.0 Å². The zero-order valence-corrected chi connectivity index (χ0v) is 11.7. The highest BCUT2D eigenvalue weighted by atomic mass is 32.1. The minimum Gasteiger partial charge on any atom is -0.379 e. The standard InChI is InChI=1S/C14H17N3OS/c1-14(4-6-18-10-14)17-9-12-8-16-13(19-12)11-3-2-5-15-7-11/h2-3,5,7-8,17H,4,6,9-10H2,1H3. The van der Waals surface area contributed by atoms with E-state index in [4.69, 9.17) is 4.74 Å². The maximum absolute atomic E-state index is 5.44. The van der Waals surface area contributed by atoms with Crippen LogP contribution in [0.3, 0.4) is 0 Å². The number of nitrogens with one attached hydrogen (secondary N) is 1. The van der Waals surface area contributed by atoms with Gasteiger partial charge in [-0.15, -0.1) is 11.3 Å². The molecule has 1 N–H and O–H groups in total. The van der Waals surface area contributed by atoms with Crippen molar-refractivity contribution >= 4 is 11.3 Å². The van der Waals surface area contributed by atoms with E-state index >= 15 is 0 Å². The number of pyridine rings is 1. The first kappa shape index (κ1) is 12.7. The van der Waals surface area contributed by atoms with E-state index < -0.39 is 0 Å². The van der Waals surface area contributed by atoms with Crippen molar-refractivity contribution in [2.75, 3.05) is 13.2 Å². The molecule has 2 aromatic rings. The molecule has 0 aromatic carbocycles. The Balaban J connectivity index is 1.65. The van der Waals surface area contributed by atoms with Crippen molar-refractivity contribution in [2.45, 2.75) is 25.4 Å². The predicted molar refractivity (Wildman–Crippen MR) is 76.0 cm³/mol. The molecule has 5 heteroatoms. The van der Waals surface area contributed by atoms with Gasteiger partial charge in [-0.2, -0.15) is 0 Å². The number of rotatable bonds is 4. The normalized spacial score (nSPS) is 22.8. The van der Waals surface area contributed by atoms with Crippen molar-refractivity contribution in [3.8, 4) is 10.6 Å². The molecule has 100 valence electrons. The Morgan fingerprint density at radius 1 is 1.47 bits per heavy atom. The van der Waals surface area contributed by atoms with E-state index in [1.807, 2.05) is 24.5 Å². The Morgan fingerprint density at radius 3 is 3.16 bits per heavy atom. The molecule has 0 spiro atoms. The highest BCUT2D eigenvalue weighted by Gasteiger charge is 2.28. The van der Waals surface area contributed by atoms with E-state index in [9.17, 15) is 0 Å². The van der Waals surface area contributed by atoms with Gasteiger partial charge in [0.15, 0.2) is 0 Å². The van der Waals surface area contributed by atoms with Crippen molar-refractivity contribution in [1.29, 1.82) is 0 Å². The number of thiazole rings is 1. The Bertz CT molecular complexity index is 535. The quantitative estimate of drug-likeness (QED) is 0.931. The summed E-state index contributed by atoms with van der Waals surface area (Å²) >= 11 is 1.71. The fourth-order valence-corrected chi connectivity index (χ4v) is 2.96. The number of hydrogen-bond acceptors (Lipinski definition) is 5. The molecule has 1 atom stereocenters. The van der Waals surface area contributed by atoms with E-state index in [1.54, 1.807) is 17.5 Å². The summed E-state index contributed by atoms with van der Waals surface area (Å²) in [7, 11) is 0. The third-order valence-electron chi connectivity index (χ3n) is 3.37. The SMILES string of the molecule is CC1(NCc2cnc(-c3cccnc3)s2)CCOC1. The van der Waals surface area contributed by atoms with Crippen molar-refractivity contribution in [3.05, 3.63) is 35.6 Å². The van der Waals surface area contributed by atoms with E-state index in [0.717, 1.165) is 36.8 Å². The fourth-order valence-electron chi connectivity index (χ4n) is 2.12. The van der Waals surface area contributed by atoms with Crippen molar-refractivity contribution < 1.29 is 4.74 Å². The molecule has 0 amide bonds. The van der Waals surface area contributed by atoms with Crippen LogP contribution in [-0.4, -0.2) is 28.7 Å². The largest absolute Gasteiger partial charge is 0.379 e. The van der Waals surface area contributed by atoms with Gasteiger partial charge >= 0.3 is 0 Å². The molecule has 1 unspecified atom stereocenters. The number of nitrogens with zero attached hydrogens (tertiary/aromatic N) is 2. The first-order valence-corrected chi connectivity index (χ1v) is 7.25. The summed E-state index contributed by atoms with van der Waals surface area (Å²) in [6.07, 6.45) is 6.64. The predicted octanol–water partition coefficient (Wildman–Crippen LogP) is 2.47. The van der Waals surface area contributed by atoms with Gasteiger partial charge in [-0.05, 0) is 25.5 Å². The molecule has 2 aromatic heterocycles. The number of ether oxygens (including phenoxy) is 1. The molecule has 1 aliphatic heterocycles. The second kappa shape index (κ2) is 5.36. The zero-order valence-electron chi connectivity index (χ0n) is 10.9. The van der Waals surface area contributed by atoms with Gasteiger partial charge in [0.1, 0.15) is 5.01 Å². The van der Waals surface area contributed by atoms with Crippen LogP contribution in [-0.2, 0) is 11.3 Å². The third-order valence-corrected chi connectivity index (χ3v) is 4.42. The Morgan fingerprint density at radius 2 is 2.42 bits per heavy atom. The van der Waals surface area contributed by atoms with Gasteiger partial charge in [0, 0.05) is 47.7 Å². The van der Waals surface area contributed by atoms with Gasteiger partial charge in [0.05, 0.1) is 6.61 Å². The van der Waals surface area contributed by atoms with Crippen LogP contribution in [0.5, 0.6) is 0 Å². The molecule has 19 heavy (non-hydrogen) atoms. The maximum atomic E-state index is 5.44. The van der Waals surface area contributed by atoms with Crippen LogP contribution in [0.4, 0.5) is 0 Å². The van der Waals surface area contributed by atoms with Crippen molar-refractivity contribution in [1.82, 2.24) is 15.3 Å². The van der Waals surface area contributed by atoms with Crippen LogP contribution in [0.1, 0.15) is 18.2 Å². The summed E-state index contributed by atoms with van der Waals surface area (Å²) < 4.78 is 5.44. The van der Waals surface area contributed by atoms with Gasteiger partial charge < -0.3 is 10.1 Å². The fraction of sp³-hybridized carbons (Fsp3) is 0.429. The summed E-state index contributed by atoms with van der Waals surface area (Å²) in [5.74, 6) is 0. The van der Waals surface area contributed by atoms with Crippen LogP contribution >= 0.6 is 11.3 Å². The first-order valence-electron chi connectivity index (χ1n) is 6.43. The van der Waals surface area contributed by atoms with Crippen LogP contribution in [0.25, 0.3) is 10.6 Å². The van der Waals surface area contributed by atoms with E-state index in [-0.39, 0.29) is 5.54 Å². The lowest BCUT2D eigenvalue weighted by molar-refractivity contribution is 0.171. The lowest BCUT2D eigenvalue weighted by atomic mass is 10.0. The minimum atomic E-state index is 0.110. The second-order valence-corrected chi connectivity index (χ2v) is 6.21. The van der Waals surface area contributed by atoms with Crippen molar-refractivity contribution in [2.24, 2.45) is 0 Å². The highest BCUT2D eigenvalue weighted by molar-refractivity contribution is 7.15. The van der Waals surface area contributed by atoms with Crippen molar-refractivity contribution in [3.63, 3.8) is 0 Å². The Kier molecular flexibility index (Phi) is 3.59. The first-order chi connectivity index (χ1) is 9.25. The molecule has 1 aliphatic rings. The molecular formula is C14H17N3OS. The summed E-state index contributed by atoms with van der Waals surface area (Å²) in [6, 6.07) is 3.97. The average Bonchev–Trinajstić information content (AvgIpc) is 3.07. The monoisotopic (exact) mass is 275 g/mol. The van der Waals surface area contributed by atoms with E-state index in [0.29, 0.717) is 0 Å². The minimum absolute atomic E-state index is 0.110. The number of hydrogen-bond donors (Lipinski definition) is 1. The smallest absolute Gasteiger partial charge is 0.125 e. The van der Waals surface area contributed by atoms with Crippen LogP contribution in [0.15, 0.2) is 30.7 Å². The molecule has 1 fully saturated rings. The average molecular weight is 275 g/mol. The molecule has 0 bridgehead atoms. The third kappa shape index (κ3) is 3.00. The van der Waals surface area contributed by atoms with Crippen LogP contribution in [0, 0.1) is 0 Å². The summed E-state index contributed by atoms with van der Waals surface area (Å²) in [5.41, 5.74) is 1.19. The summed E-state index contributed by atoms with van der Waals surface area (Å²) in [4.78, 5) is 9.83. The molecule has 1 saturated heterocycles. The second-order valence-electron chi connectivity index (χ2n) is 5.09. The van der Waals surface area contributed by atoms with Gasteiger partial charge in [0.25, 0.3) is 0 Å². The van der Waals surface area contributed by atoms with Gasteiger partial charge in [-0.1, -0.05) is 0 Å². The summed E-state index contributed by atoms with van der Waals surface area (Å²) in [5, 5.41) is 4.59. The lowest BCUT2D eigenvalue weighted by Crippen LogP contribution is -2.42. The van der Waals surface area contributed by atoms with E-state index in [1.165, 1.54) is 4.88 Å². The molecule has 0 saturated carbocycles. The van der Waals surface area contributed by atoms with Gasteiger partial charge in [0.2, 0.25) is 0 Å². The Labute approximate surface area is 116 Å². The molecule has 0 aliphatic carbocycles. The highest BCUT2D eigenvalue weighted by Crippen LogP contribution is 2.25.